The molecule has 5 nitrogen and oxygen atoms in total. The average Bonchev–Trinajstić information content (AvgIpc) is 2.62. The molecule has 0 amide bonds. The smallest absolute Gasteiger partial charge is 0.163 e. The van der Waals surface area contributed by atoms with Crippen LogP contribution in [0.1, 0.15) is 5.56 Å². The third-order valence-corrected chi connectivity index (χ3v) is 3.55. The van der Waals surface area contributed by atoms with E-state index in [9.17, 15) is 5.26 Å². The third-order valence-electron chi connectivity index (χ3n) is 3.30. The summed E-state index contributed by atoms with van der Waals surface area (Å²) in [6, 6.07) is 13.1. The van der Waals surface area contributed by atoms with Crippen LogP contribution in [-0.2, 0) is 0 Å². The monoisotopic (exact) mass is 321 g/mol. The zero-order valence-electron chi connectivity index (χ0n) is 12.3. The van der Waals surface area contributed by atoms with Gasteiger partial charge in [0.25, 0.3) is 0 Å². The van der Waals surface area contributed by atoms with Crippen molar-refractivity contribution < 1.29 is 0 Å². The molecule has 3 rings (SSSR count). The van der Waals surface area contributed by atoms with E-state index in [1.54, 1.807) is 31.6 Å². The van der Waals surface area contributed by atoms with E-state index < -0.39 is 0 Å². The third kappa shape index (κ3) is 2.98. The van der Waals surface area contributed by atoms with Crippen molar-refractivity contribution in [3.05, 3.63) is 59.4 Å². The molecule has 23 heavy (non-hydrogen) atoms. The van der Waals surface area contributed by atoms with Crippen molar-refractivity contribution in [1.82, 2.24) is 15.0 Å². The Kier molecular flexibility index (Phi) is 4.18. The molecule has 0 spiro atoms. The molecular weight excluding hydrogens is 310 g/mol. The lowest BCUT2D eigenvalue weighted by molar-refractivity contribution is 1.15. The van der Waals surface area contributed by atoms with Gasteiger partial charge in [0.15, 0.2) is 5.82 Å². The maximum atomic E-state index is 9.50. The number of nitrogens with zero attached hydrogens (tertiary/aromatic N) is 4. The molecule has 2 aromatic heterocycles. The molecule has 0 bridgehead atoms. The first-order chi connectivity index (χ1) is 11.2. The normalized spacial score (nSPS) is 10.1. The summed E-state index contributed by atoms with van der Waals surface area (Å²) >= 11 is 5.94. The van der Waals surface area contributed by atoms with E-state index in [4.69, 9.17) is 11.6 Å². The highest BCUT2D eigenvalue weighted by Crippen LogP contribution is 2.29. The zero-order chi connectivity index (χ0) is 16.2. The van der Waals surface area contributed by atoms with Crippen LogP contribution < -0.4 is 5.32 Å². The highest BCUT2D eigenvalue weighted by atomic mass is 35.5. The Hall–Kier alpha value is -2.97. The van der Waals surface area contributed by atoms with Crippen LogP contribution in [0.5, 0.6) is 0 Å². The summed E-state index contributed by atoms with van der Waals surface area (Å²) in [5.74, 6) is 0.984. The summed E-state index contributed by atoms with van der Waals surface area (Å²) < 4.78 is 0. The van der Waals surface area contributed by atoms with E-state index in [1.165, 1.54) is 0 Å². The van der Waals surface area contributed by atoms with Crippen molar-refractivity contribution in [3.63, 3.8) is 0 Å². The largest absolute Gasteiger partial charge is 0.372 e. The molecule has 0 aliphatic heterocycles. The Morgan fingerprint density at radius 3 is 2.48 bits per heavy atom. The van der Waals surface area contributed by atoms with Crippen molar-refractivity contribution in [2.75, 3.05) is 12.4 Å². The number of nitrogens with one attached hydrogen (secondary N) is 1. The highest BCUT2D eigenvalue weighted by molar-refractivity contribution is 6.30. The summed E-state index contributed by atoms with van der Waals surface area (Å²) in [4.78, 5) is 13.1. The lowest BCUT2D eigenvalue weighted by atomic mass is 10.1. The quantitative estimate of drug-likeness (QED) is 0.794. The van der Waals surface area contributed by atoms with E-state index in [2.05, 4.69) is 26.3 Å². The molecule has 0 saturated heterocycles. The molecule has 0 saturated carbocycles. The Bertz CT molecular complexity index is 870. The number of rotatable bonds is 3. The SMILES string of the molecule is CNc1nc(-c2cccnc2)nc(-c2ccc(Cl)cc2)c1C#N. The number of aromatic nitrogens is 3. The number of anilines is 1. The van der Waals surface area contributed by atoms with Crippen molar-refractivity contribution >= 4 is 17.4 Å². The first-order valence-electron chi connectivity index (χ1n) is 6.89. The predicted molar refractivity (Wildman–Crippen MR) is 90.0 cm³/mol. The van der Waals surface area contributed by atoms with E-state index in [-0.39, 0.29) is 0 Å². The number of benzene rings is 1. The van der Waals surface area contributed by atoms with Crippen molar-refractivity contribution in [2.45, 2.75) is 0 Å². The Morgan fingerprint density at radius 2 is 1.87 bits per heavy atom. The molecule has 0 unspecified atom stereocenters. The lowest BCUT2D eigenvalue weighted by Gasteiger charge is -2.11. The molecule has 6 heteroatoms. The molecule has 0 aliphatic rings. The summed E-state index contributed by atoms with van der Waals surface area (Å²) in [5, 5.41) is 13.1. The minimum Gasteiger partial charge on any atom is -0.372 e. The van der Waals surface area contributed by atoms with Crippen LogP contribution in [0.2, 0.25) is 5.02 Å². The van der Waals surface area contributed by atoms with Gasteiger partial charge in [-0.25, -0.2) is 9.97 Å². The molecule has 1 N–H and O–H groups in total. The molecule has 0 radical (unpaired) electrons. The van der Waals surface area contributed by atoms with Crippen LogP contribution >= 0.6 is 11.6 Å². The van der Waals surface area contributed by atoms with Gasteiger partial charge in [-0.1, -0.05) is 23.7 Å². The van der Waals surface area contributed by atoms with Crippen molar-refractivity contribution in [3.8, 4) is 28.7 Å². The average molecular weight is 322 g/mol. The van der Waals surface area contributed by atoms with Gasteiger partial charge in [-0.3, -0.25) is 4.98 Å². The van der Waals surface area contributed by atoms with Gasteiger partial charge in [0.1, 0.15) is 17.5 Å². The fourth-order valence-electron chi connectivity index (χ4n) is 2.19. The minimum absolute atomic E-state index is 0.391. The van der Waals surface area contributed by atoms with Crippen molar-refractivity contribution in [2.24, 2.45) is 0 Å². The van der Waals surface area contributed by atoms with E-state index in [0.29, 0.717) is 27.9 Å². The Morgan fingerprint density at radius 1 is 1.09 bits per heavy atom. The molecular formula is C17H12ClN5. The minimum atomic E-state index is 0.391. The summed E-state index contributed by atoms with van der Waals surface area (Å²) in [6.07, 6.45) is 3.37. The predicted octanol–water partition coefficient (Wildman–Crippen LogP) is 3.77. The van der Waals surface area contributed by atoms with Gasteiger partial charge in [-0.05, 0) is 24.3 Å². The Balaban J connectivity index is 2.25. The molecule has 112 valence electrons. The standard InChI is InChI=1S/C17H12ClN5/c1-20-17-14(9-19)15(11-4-6-13(18)7-5-11)22-16(23-17)12-3-2-8-21-10-12/h2-8,10H,1H3,(H,20,22,23). The molecule has 0 atom stereocenters. The van der Waals surface area contributed by atoms with Gasteiger partial charge < -0.3 is 5.32 Å². The number of nitriles is 1. The van der Waals surface area contributed by atoms with Gasteiger partial charge in [-0.15, -0.1) is 0 Å². The fourth-order valence-corrected chi connectivity index (χ4v) is 2.31. The van der Waals surface area contributed by atoms with Crippen LogP contribution in [0, 0.1) is 11.3 Å². The highest BCUT2D eigenvalue weighted by Gasteiger charge is 2.16. The molecule has 3 aromatic rings. The first-order valence-corrected chi connectivity index (χ1v) is 7.27. The van der Waals surface area contributed by atoms with Crippen molar-refractivity contribution in [1.29, 1.82) is 5.26 Å². The van der Waals surface area contributed by atoms with Crippen LogP contribution in [-0.4, -0.2) is 22.0 Å². The maximum Gasteiger partial charge on any atom is 0.163 e. The maximum absolute atomic E-state index is 9.50. The molecule has 0 aliphatic carbocycles. The number of pyridine rings is 1. The zero-order valence-corrected chi connectivity index (χ0v) is 13.0. The number of halogens is 1. The van der Waals surface area contributed by atoms with Crippen LogP contribution in [0.4, 0.5) is 5.82 Å². The van der Waals surface area contributed by atoms with E-state index in [0.717, 1.165) is 11.1 Å². The summed E-state index contributed by atoms with van der Waals surface area (Å²) in [6.45, 7) is 0. The first kappa shape index (κ1) is 14.9. The fraction of sp³-hybridized carbons (Fsp3) is 0.0588. The number of hydrogen-bond acceptors (Lipinski definition) is 5. The van der Waals surface area contributed by atoms with Crippen LogP contribution in [0.3, 0.4) is 0 Å². The van der Waals surface area contributed by atoms with E-state index in [1.807, 2.05) is 24.3 Å². The van der Waals surface area contributed by atoms with Crippen LogP contribution in [0.15, 0.2) is 48.8 Å². The van der Waals surface area contributed by atoms with Gasteiger partial charge in [0.2, 0.25) is 0 Å². The second kappa shape index (κ2) is 6.42. The summed E-state index contributed by atoms with van der Waals surface area (Å²) in [7, 11) is 1.72. The molecule has 2 heterocycles. The molecule has 1 aromatic carbocycles. The topological polar surface area (TPSA) is 74.5 Å². The second-order valence-electron chi connectivity index (χ2n) is 4.73. The van der Waals surface area contributed by atoms with Gasteiger partial charge >= 0.3 is 0 Å². The van der Waals surface area contributed by atoms with Gasteiger partial charge in [0.05, 0.1) is 5.69 Å². The van der Waals surface area contributed by atoms with Gasteiger partial charge in [-0.2, -0.15) is 5.26 Å². The van der Waals surface area contributed by atoms with E-state index >= 15 is 0 Å². The van der Waals surface area contributed by atoms with Crippen LogP contribution in [0.25, 0.3) is 22.6 Å². The second-order valence-corrected chi connectivity index (χ2v) is 5.17. The summed E-state index contributed by atoms with van der Waals surface area (Å²) in [5.41, 5.74) is 2.53. The number of hydrogen-bond donors (Lipinski definition) is 1. The molecule has 0 fully saturated rings. The lowest BCUT2D eigenvalue weighted by Crippen LogP contribution is -2.03. The van der Waals surface area contributed by atoms with Gasteiger partial charge in [0, 0.05) is 35.6 Å². The Labute approximate surface area is 138 Å².